The average Bonchev–Trinajstić information content (AvgIpc) is 3.40. The van der Waals surface area contributed by atoms with E-state index >= 15 is 0 Å². The molecule has 0 aromatic heterocycles. The van der Waals surface area contributed by atoms with Gasteiger partial charge >= 0.3 is 6.09 Å². The Kier molecular flexibility index (Phi) is 5.75. The van der Waals surface area contributed by atoms with Gasteiger partial charge in [0.2, 0.25) is 0 Å². The van der Waals surface area contributed by atoms with Gasteiger partial charge < -0.3 is 30.1 Å². The third-order valence-corrected chi connectivity index (χ3v) is 10.2. The van der Waals surface area contributed by atoms with Gasteiger partial charge in [-0.2, -0.15) is 0 Å². The largest absolute Gasteiger partial charge is 0.438 e. The summed E-state index contributed by atoms with van der Waals surface area (Å²) in [6.45, 7) is 9.05. The molecule has 7 heteroatoms. The maximum atomic E-state index is 13.2. The first-order valence-electron chi connectivity index (χ1n) is 13.1. The topological polar surface area (TPSA) is 110 Å². The van der Waals surface area contributed by atoms with E-state index in [-0.39, 0.29) is 23.2 Å². The lowest BCUT2D eigenvalue weighted by atomic mass is 9.58. The summed E-state index contributed by atoms with van der Waals surface area (Å²) >= 11 is 0. The average molecular weight is 476 g/mol. The van der Waals surface area contributed by atoms with Crippen molar-refractivity contribution in [2.75, 3.05) is 19.7 Å². The predicted molar refractivity (Wildman–Crippen MR) is 127 cm³/mol. The maximum absolute atomic E-state index is 13.2. The maximum Gasteiger partial charge on any atom is 0.410 e. The molecule has 1 aliphatic heterocycles. The lowest BCUT2D eigenvalue weighted by Crippen LogP contribution is -2.67. The molecule has 2 saturated carbocycles. The molecule has 2 bridgehead atoms. The Labute approximate surface area is 202 Å². The summed E-state index contributed by atoms with van der Waals surface area (Å²) in [5.41, 5.74) is -2.18. The SMILES string of the molecule is CC1=C[C@]23C(O)[C@@H](C=C(CO)[C@@H](O)[C@]2(O)[C@H]1OC(=O)N1CCCCCC1)[C@H]1[C@@H](C[C@H]3C)C1(C)C. The second-order valence-electron chi connectivity index (χ2n) is 12.2. The summed E-state index contributed by atoms with van der Waals surface area (Å²) in [4.78, 5) is 14.9. The molecule has 1 amide bonds. The lowest BCUT2D eigenvalue weighted by molar-refractivity contribution is -0.216. The minimum Gasteiger partial charge on any atom is -0.438 e. The molecule has 3 fully saturated rings. The zero-order chi connectivity index (χ0) is 24.6. The zero-order valence-corrected chi connectivity index (χ0v) is 20.9. The molecule has 0 radical (unpaired) electrons. The first kappa shape index (κ1) is 24.3. The van der Waals surface area contributed by atoms with Crippen LogP contribution in [0.5, 0.6) is 0 Å². The zero-order valence-electron chi connectivity index (χ0n) is 20.9. The number of aliphatic hydroxyl groups is 4. The van der Waals surface area contributed by atoms with Crippen molar-refractivity contribution in [2.24, 2.45) is 34.5 Å². The van der Waals surface area contributed by atoms with Crippen LogP contribution in [0, 0.1) is 34.5 Å². The normalized spacial score (nSPS) is 47.3. The molecule has 7 nitrogen and oxygen atoms in total. The summed E-state index contributed by atoms with van der Waals surface area (Å²) in [6.07, 6.45) is 4.43. The van der Waals surface area contributed by atoms with Crippen molar-refractivity contribution >= 4 is 6.09 Å². The highest BCUT2D eigenvalue weighted by molar-refractivity contribution is 5.69. The van der Waals surface area contributed by atoms with Crippen molar-refractivity contribution in [1.29, 1.82) is 0 Å². The molecule has 1 unspecified atom stereocenters. The molecule has 1 heterocycles. The number of aliphatic hydroxyl groups excluding tert-OH is 3. The Bertz CT molecular complexity index is 905. The number of likely N-dealkylation sites (tertiary alicyclic amines) is 1. The minimum atomic E-state index is -1.97. The standard InChI is InChI=1S/C27H41NO6/c1-15-13-26-16(2)11-19-20(25(19,3)4)18(22(26)31)12-17(14-29)21(30)27(26,33)23(15)34-24(32)28-9-7-5-6-8-10-28/h12-13,16,18-23,29-31,33H,5-11,14H2,1-4H3/t16-,18+,19-,20+,21-,22?,23+,26+,27+/m1/s1. The fraction of sp³-hybridized carbons (Fsp3) is 0.815. The Morgan fingerprint density at radius 2 is 1.82 bits per heavy atom. The summed E-state index contributed by atoms with van der Waals surface area (Å²) in [6, 6.07) is 0. The number of carbonyl (C=O) groups excluding carboxylic acids is 1. The van der Waals surface area contributed by atoms with Crippen molar-refractivity contribution in [3.8, 4) is 0 Å². The molecule has 1 saturated heterocycles. The first-order valence-corrected chi connectivity index (χ1v) is 13.1. The van der Waals surface area contributed by atoms with Crippen LogP contribution < -0.4 is 0 Å². The second kappa shape index (κ2) is 8.05. The van der Waals surface area contributed by atoms with Crippen molar-refractivity contribution in [3.05, 3.63) is 23.3 Å². The molecule has 5 rings (SSSR count). The van der Waals surface area contributed by atoms with Crippen molar-refractivity contribution in [2.45, 2.75) is 83.7 Å². The van der Waals surface area contributed by atoms with Crippen molar-refractivity contribution in [1.82, 2.24) is 4.90 Å². The van der Waals surface area contributed by atoms with Crippen LogP contribution in [0.25, 0.3) is 0 Å². The Hall–Kier alpha value is -1.41. The molecular weight excluding hydrogens is 434 g/mol. The van der Waals surface area contributed by atoms with Gasteiger partial charge in [0.05, 0.1) is 18.1 Å². The highest BCUT2D eigenvalue weighted by atomic mass is 16.6. The van der Waals surface area contributed by atoms with Gasteiger partial charge in [-0.15, -0.1) is 0 Å². The molecule has 4 aliphatic carbocycles. The van der Waals surface area contributed by atoms with Crippen LogP contribution in [0.15, 0.2) is 23.3 Å². The van der Waals surface area contributed by atoms with Crippen LogP contribution in [0.4, 0.5) is 4.79 Å². The highest BCUT2D eigenvalue weighted by Crippen LogP contribution is 2.72. The van der Waals surface area contributed by atoms with E-state index in [0.29, 0.717) is 30.2 Å². The van der Waals surface area contributed by atoms with Crippen LogP contribution in [-0.2, 0) is 4.74 Å². The molecule has 0 aromatic rings. The number of hydrogen-bond donors (Lipinski definition) is 4. The molecule has 0 aromatic carbocycles. The van der Waals surface area contributed by atoms with E-state index in [1.807, 2.05) is 13.0 Å². The number of ether oxygens (including phenoxy) is 1. The van der Waals surface area contributed by atoms with Crippen molar-refractivity contribution < 1.29 is 30.0 Å². The summed E-state index contributed by atoms with van der Waals surface area (Å²) in [5.74, 6) is 0.113. The number of rotatable bonds is 2. The van der Waals surface area contributed by atoms with E-state index in [2.05, 4.69) is 13.8 Å². The summed E-state index contributed by atoms with van der Waals surface area (Å²) in [5, 5.41) is 46.3. The van der Waals surface area contributed by atoms with Crippen LogP contribution in [0.3, 0.4) is 0 Å². The van der Waals surface area contributed by atoms with E-state index in [1.165, 1.54) is 0 Å². The monoisotopic (exact) mass is 475 g/mol. The van der Waals surface area contributed by atoms with Crippen LogP contribution >= 0.6 is 0 Å². The number of nitrogens with zero attached hydrogens (tertiary/aromatic N) is 1. The molecule has 5 aliphatic rings. The van der Waals surface area contributed by atoms with Gasteiger partial charge in [-0.3, -0.25) is 0 Å². The number of hydrogen-bond acceptors (Lipinski definition) is 6. The van der Waals surface area contributed by atoms with Crippen LogP contribution in [0.1, 0.15) is 59.8 Å². The van der Waals surface area contributed by atoms with Gasteiger partial charge in [-0.25, -0.2) is 4.79 Å². The van der Waals surface area contributed by atoms with Gasteiger partial charge in [0.15, 0.2) is 6.10 Å². The van der Waals surface area contributed by atoms with E-state index in [1.54, 1.807) is 17.9 Å². The smallest absolute Gasteiger partial charge is 0.410 e. The lowest BCUT2D eigenvalue weighted by Gasteiger charge is -2.52. The van der Waals surface area contributed by atoms with E-state index in [9.17, 15) is 25.2 Å². The Morgan fingerprint density at radius 1 is 1.18 bits per heavy atom. The Morgan fingerprint density at radius 3 is 2.44 bits per heavy atom. The van der Waals surface area contributed by atoms with E-state index < -0.39 is 42.0 Å². The minimum absolute atomic E-state index is 0.0436. The summed E-state index contributed by atoms with van der Waals surface area (Å²) in [7, 11) is 0. The Balaban J connectivity index is 1.57. The van der Waals surface area contributed by atoms with E-state index in [4.69, 9.17) is 4.74 Å². The van der Waals surface area contributed by atoms with Crippen LogP contribution in [0.2, 0.25) is 0 Å². The molecule has 9 atom stereocenters. The number of carbonyl (C=O) groups is 1. The van der Waals surface area contributed by atoms with E-state index in [0.717, 1.165) is 32.1 Å². The van der Waals surface area contributed by atoms with Crippen molar-refractivity contribution in [3.63, 3.8) is 0 Å². The first-order chi connectivity index (χ1) is 16.0. The third kappa shape index (κ3) is 3.06. The van der Waals surface area contributed by atoms with Crippen LogP contribution in [-0.4, -0.2) is 75.0 Å². The summed E-state index contributed by atoms with van der Waals surface area (Å²) < 4.78 is 6.00. The number of amides is 1. The molecule has 1 spiro atoms. The highest BCUT2D eigenvalue weighted by Gasteiger charge is 2.76. The van der Waals surface area contributed by atoms with Gasteiger partial charge in [0.25, 0.3) is 0 Å². The quantitative estimate of drug-likeness (QED) is 0.457. The molecule has 190 valence electrons. The fourth-order valence-corrected chi connectivity index (χ4v) is 8.33. The predicted octanol–water partition coefficient (Wildman–Crippen LogP) is 2.63. The molecule has 4 N–H and O–H groups in total. The van der Waals surface area contributed by atoms with Gasteiger partial charge in [0, 0.05) is 19.0 Å². The third-order valence-electron chi connectivity index (χ3n) is 10.2. The van der Waals surface area contributed by atoms with Gasteiger partial charge in [-0.05, 0) is 60.5 Å². The van der Waals surface area contributed by atoms with Gasteiger partial charge in [-0.1, -0.05) is 45.8 Å². The number of fused-ring (bicyclic) bond motifs is 3. The molecule has 34 heavy (non-hydrogen) atoms. The van der Waals surface area contributed by atoms with Gasteiger partial charge in [0.1, 0.15) is 11.7 Å². The second-order valence-corrected chi connectivity index (χ2v) is 12.2. The fourth-order valence-electron chi connectivity index (χ4n) is 8.33. The molecular formula is C27H41NO6.